The zero-order valence-corrected chi connectivity index (χ0v) is 17.2. The summed E-state index contributed by atoms with van der Waals surface area (Å²) in [7, 11) is 0. The topological polar surface area (TPSA) is 121 Å². The molecule has 0 N–H and O–H groups in total. The summed E-state index contributed by atoms with van der Waals surface area (Å²) in [6, 6.07) is 9.65. The molecular formula is C19H14N4O5S2. The van der Waals surface area contributed by atoms with Crippen LogP contribution in [0.3, 0.4) is 0 Å². The molecule has 4 rings (SSSR count). The minimum atomic E-state index is -0.743. The molecule has 1 unspecified atom stereocenters. The average molecular weight is 442 g/mol. The van der Waals surface area contributed by atoms with Gasteiger partial charge >= 0.3 is 5.97 Å². The van der Waals surface area contributed by atoms with Crippen molar-refractivity contribution < 1.29 is 18.9 Å². The number of carbonyl (C=O) groups is 1. The molecule has 0 fully saturated rings. The van der Waals surface area contributed by atoms with Crippen molar-refractivity contribution in [3.8, 4) is 21.3 Å². The molecule has 0 saturated carbocycles. The van der Waals surface area contributed by atoms with Crippen molar-refractivity contribution in [1.82, 2.24) is 15.2 Å². The van der Waals surface area contributed by atoms with Crippen LogP contribution in [0.2, 0.25) is 0 Å². The standard InChI is InChI=1S/C19H14N4O5S2/c1-11(17-21-22-18(28-17)12-4-6-14(7-5-12)23(25)26)27-16(24)9-13-10-30-19(20-13)15-3-2-8-29-15/h2-8,10-11H,9H2,1H3. The Balaban J connectivity index is 1.37. The van der Waals surface area contributed by atoms with Crippen LogP contribution in [0.4, 0.5) is 5.69 Å². The van der Waals surface area contributed by atoms with Crippen LogP contribution in [0.5, 0.6) is 0 Å². The highest BCUT2D eigenvalue weighted by Crippen LogP contribution is 2.28. The summed E-state index contributed by atoms with van der Waals surface area (Å²) < 4.78 is 10.9. The van der Waals surface area contributed by atoms with Gasteiger partial charge < -0.3 is 9.15 Å². The first kappa shape index (κ1) is 19.9. The van der Waals surface area contributed by atoms with E-state index in [9.17, 15) is 14.9 Å². The van der Waals surface area contributed by atoms with Crippen molar-refractivity contribution in [3.63, 3.8) is 0 Å². The quantitative estimate of drug-likeness (QED) is 0.230. The van der Waals surface area contributed by atoms with E-state index in [1.165, 1.54) is 35.6 Å². The molecule has 3 heterocycles. The summed E-state index contributed by atoms with van der Waals surface area (Å²) in [6.45, 7) is 1.63. The molecule has 0 aliphatic heterocycles. The second-order valence-corrected chi connectivity index (χ2v) is 7.99. The van der Waals surface area contributed by atoms with Gasteiger partial charge in [0.05, 0.1) is 21.9 Å². The van der Waals surface area contributed by atoms with Gasteiger partial charge in [-0.15, -0.1) is 32.9 Å². The molecule has 30 heavy (non-hydrogen) atoms. The first-order valence-corrected chi connectivity index (χ1v) is 10.5. The van der Waals surface area contributed by atoms with E-state index in [4.69, 9.17) is 9.15 Å². The van der Waals surface area contributed by atoms with Crippen LogP contribution < -0.4 is 0 Å². The molecule has 0 bridgehead atoms. The Morgan fingerprint density at radius 2 is 2.03 bits per heavy atom. The number of thiophene rings is 1. The van der Waals surface area contributed by atoms with Crippen LogP contribution in [0.25, 0.3) is 21.3 Å². The summed E-state index contributed by atoms with van der Waals surface area (Å²) in [4.78, 5) is 28.0. The second kappa shape index (κ2) is 8.51. The zero-order chi connectivity index (χ0) is 21.1. The highest BCUT2D eigenvalue weighted by Gasteiger charge is 2.20. The average Bonchev–Trinajstić information content (AvgIpc) is 3.48. The van der Waals surface area contributed by atoms with E-state index < -0.39 is 17.0 Å². The van der Waals surface area contributed by atoms with E-state index in [-0.39, 0.29) is 23.9 Å². The van der Waals surface area contributed by atoms with Crippen molar-refractivity contribution in [2.75, 3.05) is 0 Å². The third-order valence-electron chi connectivity index (χ3n) is 4.03. The Kier molecular flexibility index (Phi) is 5.63. The molecule has 0 spiro atoms. The number of esters is 1. The number of nitro benzene ring substituents is 1. The maximum Gasteiger partial charge on any atom is 0.312 e. The third-order valence-corrected chi connectivity index (χ3v) is 5.96. The number of hydrogen-bond acceptors (Lipinski definition) is 10. The lowest BCUT2D eigenvalue weighted by Gasteiger charge is -2.08. The summed E-state index contributed by atoms with van der Waals surface area (Å²) in [5, 5.41) is 23.2. The van der Waals surface area contributed by atoms with Crippen LogP contribution >= 0.6 is 22.7 Å². The SMILES string of the molecule is CC(OC(=O)Cc1csc(-c2cccs2)n1)c1nnc(-c2ccc([N+](=O)[O-])cc2)o1. The number of rotatable bonds is 7. The molecule has 0 amide bonds. The van der Waals surface area contributed by atoms with Crippen LogP contribution in [0.1, 0.15) is 24.6 Å². The summed E-state index contributed by atoms with van der Waals surface area (Å²) >= 11 is 3.07. The van der Waals surface area contributed by atoms with Gasteiger partial charge in [0.1, 0.15) is 5.01 Å². The fourth-order valence-electron chi connectivity index (χ4n) is 2.58. The van der Waals surface area contributed by atoms with E-state index in [0.29, 0.717) is 11.3 Å². The minimum absolute atomic E-state index is 0.0370. The predicted octanol–water partition coefficient (Wildman–Crippen LogP) is 4.68. The van der Waals surface area contributed by atoms with E-state index in [0.717, 1.165) is 9.88 Å². The number of aromatic nitrogens is 3. The summed E-state index contributed by atoms with van der Waals surface area (Å²) in [5.74, 6) is -0.141. The van der Waals surface area contributed by atoms with E-state index in [1.807, 2.05) is 22.9 Å². The highest BCUT2D eigenvalue weighted by molar-refractivity contribution is 7.20. The fraction of sp³-hybridized carbons (Fsp3) is 0.158. The van der Waals surface area contributed by atoms with Gasteiger partial charge in [-0.05, 0) is 30.5 Å². The molecule has 1 aromatic carbocycles. The van der Waals surface area contributed by atoms with Crippen LogP contribution in [0, 0.1) is 10.1 Å². The van der Waals surface area contributed by atoms with Crippen molar-refractivity contribution in [1.29, 1.82) is 0 Å². The van der Waals surface area contributed by atoms with Crippen molar-refractivity contribution in [2.45, 2.75) is 19.4 Å². The lowest BCUT2D eigenvalue weighted by Crippen LogP contribution is -2.12. The number of carbonyl (C=O) groups excluding carboxylic acids is 1. The van der Waals surface area contributed by atoms with Crippen LogP contribution in [-0.2, 0) is 16.0 Å². The van der Waals surface area contributed by atoms with Crippen molar-refractivity contribution in [2.24, 2.45) is 0 Å². The molecule has 152 valence electrons. The largest absolute Gasteiger partial charge is 0.452 e. The molecule has 9 nitrogen and oxygen atoms in total. The Bertz CT molecular complexity index is 1170. The maximum atomic E-state index is 12.3. The molecule has 1 atom stereocenters. The molecule has 11 heteroatoms. The molecule has 0 aliphatic rings. The number of hydrogen-bond donors (Lipinski definition) is 0. The fourth-order valence-corrected chi connectivity index (χ4v) is 4.21. The molecule has 3 aromatic heterocycles. The maximum absolute atomic E-state index is 12.3. The van der Waals surface area contributed by atoms with E-state index in [1.54, 1.807) is 18.3 Å². The first-order valence-electron chi connectivity index (χ1n) is 8.75. The van der Waals surface area contributed by atoms with Crippen molar-refractivity contribution >= 4 is 34.3 Å². The molecule has 0 aliphatic carbocycles. The lowest BCUT2D eigenvalue weighted by molar-refractivity contribution is -0.384. The summed E-state index contributed by atoms with van der Waals surface area (Å²) in [5.41, 5.74) is 1.13. The van der Waals surface area contributed by atoms with Gasteiger partial charge in [0, 0.05) is 23.1 Å². The number of ether oxygens (including phenoxy) is 1. The molecule has 0 saturated heterocycles. The van der Waals surface area contributed by atoms with Gasteiger partial charge in [0.25, 0.3) is 11.6 Å². The predicted molar refractivity (Wildman–Crippen MR) is 110 cm³/mol. The number of non-ortho nitro benzene ring substituents is 1. The number of thiazole rings is 1. The number of nitrogens with zero attached hydrogens (tertiary/aromatic N) is 4. The van der Waals surface area contributed by atoms with Gasteiger partial charge in [-0.1, -0.05) is 6.07 Å². The smallest absolute Gasteiger partial charge is 0.312 e. The first-order chi connectivity index (χ1) is 14.5. The number of nitro groups is 1. The molecule has 4 aromatic rings. The van der Waals surface area contributed by atoms with Crippen LogP contribution in [0.15, 0.2) is 51.6 Å². The summed E-state index contributed by atoms with van der Waals surface area (Å²) in [6.07, 6.45) is -0.706. The minimum Gasteiger partial charge on any atom is -0.452 e. The van der Waals surface area contributed by atoms with Crippen LogP contribution in [-0.4, -0.2) is 26.1 Å². The van der Waals surface area contributed by atoms with Gasteiger partial charge in [-0.3, -0.25) is 14.9 Å². The Morgan fingerprint density at radius 3 is 2.73 bits per heavy atom. The normalized spacial score (nSPS) is 11.9. The monoisotopic (exact) mass is 442 g/mol. The second-order valence-electron chi connectivity index (χ2n) is 6.18. The Hall–Kier alpha value is -3.44. The zero-order valence-electron chi connectivity index (χ0n) is 15.5. The third kappa shape index (κ3) is 4.42. The van der Waals surface area contributed by atoms with Gasteiger partial charge in [0.15, 0.2) is 6.10 Å². The van der Waals surface area contributed by atoms with E-state index >= 15 is 0 Å². The molecular weight excluding hydrogens is 428 g/mol. The van der Waals surface area contributed by atoms with Gasteiger partial charge in [-0.2, -0.15) is 0 Å². The Labute approximate surface area is 178 Å². The molecule has 0 radical (unpaired) electrons. The van der Waals surface area contributed by atoms with E-state index in [2.05, 4.69) is 15.2 Å². The van der Waals surface area contributed by atoms with Gasteiger partial charge in [0.2, 0.25) is 5.89 Å². The van der Waals surface area contributed by atoms with Crippen molar-refractivity contribution in [3.05, 3.63) is 68.9 Å². The number of benzene rings is 1. The highest BCUT2D eigenvalue weighted by atomic mass is 32.1. The van der Waals surface area contributed by atoms with Gasteiger partial charge in [-0.25, -0.2) is 4.98 Å². The Morgan fingerprint density at radius 1 is 1.23 bits per heavy atom. The lowest BCUT2D eigenvalue weighted by atomic mass is 10.2.